The molecule has 3 amide bonds. The number of hydrogen-bond acceptors (Lipinski definition) is 5. The van der Waals surface area contributed by atoms with E-state index < -0.39 is 18.0 Å². The SMILES string of the molecule is CC(Oc1ccc(CNC(C)(C)C)nc1)C(=O)NC(N)=O. The number of carbonyl (C=O) groups excluding carboxylic acids is 2. The van der Waals surface area contributed by atoms with E-state index in [0.717, 1.165) is 5.69 Å². The van der Waals surface area contributed by atoms with Crippen LogP contribution >= 0.6 is 0 Å². The van der Waals surface area contributed by atoms with Gasteiger partial charge in [-0.3, -0.25) is 15.1 Å². The summed E-state index contributed by atoms with van der Waals surface area (Å²) < 4.78 is 5.37. The van der Waals surface area contributed by atoms with Gasteiger partial charge in [0.05, 0.1) is 11.9 Å². The third-order valence-corrected chi connectivity index (χ3v) is 2.53. The quantitative estimate of drug-likeness (QED) is 0.749. The summed E-state index contributed by atoms with van der Waals surface area (Å²) in [5.74, 6) is -0.150. The molecule has 0 aliphatic carbocycles. The van der Waals surface area contributed by atoms with Crippen molar-refractivity contribution in [1.29, 1.82) is 0 Å². The van der Waals surface area contributed by atoms with Crippen LogP contribution in [-0.4, -0.2) is 28.6 Å². The summed E-state index contributed by atoms with van der Waals surface area (Å²) in [5.41, 5.74) is 5.75. The molecule has 0 fully saturated rings. The Hall–Kier alpha value is -2.15. The van der Waals surface area contributed by atoms with Gasteiger partial charge in [-0.1, -0.05) is 0 Å². The van der Waals surface area contributed by atoms with Gasteiger partial charge in [-0.2, -0.15) is 0 Å². The molecule has 4 N–H and O–H groups in total. The van der Waals surface area contributed by atoms with Crippen molar-refractivity contribution < 1.29 is 14.3 Å². The molecule has 7 nitrogen and oxygen atoms in total. The van der Waals surface area contributed by atoms with Gasteiger partial charge in [-0.15, -0.1) is 0 Å². The van der Waals surface area contributed by atoms with E-state index in [9.17, 15) is 9.59 Å². The van der Waals surface area contributed by atoms with Crippen molar-refractivity contribution in [1.82, 2.24) is 15.6 Å². The predicted molar refractivity (Wildman–Crippen MR) is 78.6 cm³/mol. The van der Waals surface area contributed by atoms with Crippen LogP contribution in [0.1, 0.15) is 33.4 Å². The second kappa shape index (κ2) is 7.03. The lowest BCUT2D eigenvalue weighted by molar-refractivity contribution is -0.126. The number of nitrogens with one attached hydrogen (secondary N) is 2. The Morgan fingerprint density at radius 2 is 2.05 bits per heavy atom. The minimum atomic E-state index is -0.905. The maximum Gasteiger partial charge on any atom is 0.318 e. The average Bonchev–Trinajstić information content (AvgIpc) is 2.36. The maximum atomic E-state index is 11.5. The predicted octanol–water partition coefficient (Wildman–Crippen LogP) is 0.932. The summed E-state index contributed by atoms with van der Waals surface area (Å²) in [6, 6.07) is 2.63. The molecular weight excluding hydrogens is 272 g/mol. The molecule has 7 heteroatoms. The lowest BCUT2D eigenvalue weighted by Gasteiger charge is -2.20. The Balaban J connectivity index is 2.54. The molecule has 1 rings (SSSR count). The Labute approximate surface area is 124 Å². The Morgan fingerprint density at radius 3 is 2.52 bits per heavy atom. The monoisotopic (exact) mass is 294 g/mol. The van der Waals surface area contributed by atoms with Crippen molar-refractivity contribution in [2.24, 2.45) is 5.73 Å². The molecular formula is C14H22N4O3. The first kappa shape index (κ1) is 16.9. The molecule has 116 valence electrons. The minimum absolute atomic E-state index is 0.0121. The Kier molecular flexibility index (Phi) is 5.66. The molecule has 1 atom stereocenters. The van der Waals surface area contributed by atoms with Crippen LogP contribution in [0.5, 0.6) is 5.75 Å². The second-order valence-corrected chi connectivity index (χ2v) is 5.70. The van der Waals surface area contributed by atoms with E-state index in [4.69, 9.17) is 10.5 Å². The molecule has 21 heavy (non-hydrogen) atoms. The summed E-state index contributed by atoms with van der Waals surface area (Å²) in [5, 5.41) is 5.28. The zero-order valence-corrected chi connectivity index (χ0v) is 12.8. The van der Waals surface area contributed by atoms with E-state index in [1.165, 1.54) is 13.1 Å². The molecule has 1 aromatic rings. The number of carbonyl (C=O) groups is 2. The summed E-state index contributed by atoms with van der Waals surface area (Å²) in [4.78, 5) is 26.3. The summed E-state index contributed by atoms with van der Waals surface area (Å²) in [6.45, 7) is 8.38. The fourth-order valence-corrected chi connectivity index (χ4v) is 1.42. The summed E-state index contributed by atoms with van der Waals surface area (Å²) in [6.07, 6.45) is 0.700. The second-order valence-electron chi connectivity index (χ2n) is 5.70. The van der Waals surface area contributed by atoms with Gasteiger partial charge < -0.3 is 15.8 Å². The van der Waals surface area contributed by atoms with Gasteiger partial charge in [0.1, 0.15) is 5.75 Å². The topological polar surface area (TPSA) is 106 Å². The number of aromatic nitrogens is 1. The lowest BCUT2D eigenvalue weighted by Crippen LogP contribution is -2.42. The van der Waals surface area contributed by atoms with E-state index in [2.05, 4.69) is 31.1 Å². The van der Waals surface area contributed by atoms with E-state index >= 15 is 0 Å². The zero-order chi connectivity index (χ0) is 16.0. The number of pyridine rings is 1. The van der Waals surface area contributed by atoms with Crippen molar-refractivity contribution in [2.45, 2.75) is 45.9 Å². The van der Waals surface area contributed by atoms with Gasteiger partial charge in [-0.05, 0) is 39.8 Å². The van der Waals surface area contributed by atoms with Crippen LogP contribution in [0.2, 0.25) is 0 Å². The average molecular weight is 294 g/mol. The number of nitrogens with two attached hydrogens (primary N) is 1. The third kappa shape index (κ3) is 6.71. The molecule has 1 heterocycles. The van der Waals surface area contributed by atoms with Crippen LogP contribution in [0.25, 0.3) is 0 Å². The first-order chi connectivity index (χ1) is 9.67. The molecule has 0 aliphatic heterocycles. The molecule has 0 spiro atoms. The van der Waals surface area contributed by atoms with Crippen LogP contribution in [0.4, 0.5) is 4.79 Å². The van der Waals surface area contributed by atoms with Gasteiger partial charge in [0, 0.05) is 12.1 Å². The van der Waals surface area contributed by atoms with E-state index in [-0.39, 0.29) is 5.54 Å². The van der Waals surface area contributed by atoms with Crippen LogP contribution in [-0.2, 0) is 11.3 Å². The highest BCUT2D eigenvalue weighted by atomic mass is 16.5. The van der Waals surface area contributed by atoms with Gasteiger partial charge in [0.25, 0.3) is 5.91 Å². The normalized spacial score (nSPS) is 12.6. The molecule has 0 saturated carbocycles. The van der Waals surface area contributed by atoms with Gasteiger partial charge in [0.2, 0.25) is 0 Å². The molecule has 1 unspecified atom stereocenters. The van der Waals surface area contributed by atoms with Crippen LogP contribution in [0.3, 0.4) is 0 Å². The van der Waals surface area contributed by atoms with E-state index in [1.54, 1.807) is 6.07 Å². The maximum absolute atomic E-state index is 11.5. The summed E-state index contributed by atoms with van der Waals surface area (Å²) in [7, 11) is 0. The van der Waals surface area contributed by atoms with Gasteiger partial charge in [-0.25, -0.2) is 4.79 Å². The highest BCUT2D eigenvalue weighted by Gasteiger charge is 2.16. The van der Waals surface area contributed by atoms with E-state index in [0.29, 0.717) is 12.3 Å². The fraction of sp³-hybridized carbons (Fsp3) is 0.500. The van der Waals surface area contributed by atoms with Crippen molar-refractivity contribution >= 4 is 11.9 Å². The number of amides is 3. The zero-order valence-electron chi connectivity index (χ0n) is 12.8. The van der Waals surface area contributed by atoms with Crippen molar-refractivity contribution in [3.8, 4) is 5.75 Å². The van der Waals surface area contributed by atoms with Crippen molar-refractivity contribution in [2.75, 3.05) is 0 Å². The van der Waals surface area contributed by atoms with Crippen molar-refractivity contribution in [3.63, 3.8) is 0 Å². The smallest absolute Gasteiger partial charge is 0.318 e. The number of urea groups is 1. The van der Waals surface area contributed by atoms with Crippen LogP contribution in [0, 0.1) is 0 Å². The number of hydrogen-bond donors (Lipinski definition) is 3. The largest absolute Gasteiger partial charge is 0.479 e. The first-order valence-corrected chi connectivity index (χ1v) is 6.64. The van der Waals surface area contributed by atoms with Gasteiger partial charge >= 0.3 is 6.03 Å². The molecule has 0 saturated heterocycles. The molecule has 1 aromatic heterocycles. The summed E-state index contributed by atoms with van der Waals surface area (Å²) >= 11 is 0. The minimum Gasteiger partial charge on any atom is -0.479 e. The fourth-order valence-electron chi connectivity index (χ4n) is 1.42. The van der Waals surface area contributed by atoms with Gasteiger partial charge in [0.15, 0.2) is 6.10 Å². The number of primary amides is 1. The molecule has 0 radical (unpaired) electrons. The Morgan fingerprint density at radius 1 is 1.38 bits per heavy atom. The standard InChI is InChI=1S/C14H22N4O3/c1-9(12(19)18-13(15)20)21-11-6-5-10(16-8-11)7-17-14(2,3)4/h5-6,8-9,17H,7H2,1-4H3,(H3,15,18,19,20). The lowest BCUT2D eigenvalue weighted by atomic mass is 10.1. The molecule has 0 aromatic carbocycles. The number of rotatable bonds is 5. The third-order valence-electron chi connectivity index (χ3n) is 2.53. The molecule has 0 aliphatic rings. The molecule has 0 bridgehead atoms. The Bertz CT molecular complexity index is 494. The highest BCUT2D eigenvalue weighted by molar-refractivity contribution is 5.95. The van der Waals surface area contributed by atoms with Crippen LogP contribution < -0.4 is 21.1 Å². The first-order valence-electron chi connectivity index (χ1n) is 6.64. The van der Waals surface area contributed by atoms with Crippen LogP contribution in [0.15, 0.2) is 18.3 Å². The van der Waals surface area contributed by atoms with Crippen molar-refractivity contribution in [3.05, 3.63) is 24.0 Å². The van der Waals surface area contributed by atoms with E-state index in [1.807, 2.05) is 11.4 Å². The number of nitrogens with zero attached hydrogens (tertiary/aromatic N) is 1. The number of ether oxygens (including phenoxy) is 1. The highest BCUT2D eigenvalue weighted by Crippen LogP contribution is 2.12. The number of imide groups is 1.